The highest BCUT2D eigenvalue weighted by Gasteiger charge is 2.18. The maximum atomic E-state index is 4.84. The first kappa shape index (κ1) is 14.0. The molecule has 1 heterocycles. The molecular weight excluding hydrogens is 232 g/mol. The van der Waals surface area contributed by atoms with Crippen LogP contribution in [0.4, 0.5) is 0 Å². The number of benzene rings is 1. The molecule has 0 saturated heterocycles. The molecule has 0 amide bonds. The van der Waals surface area contributed by atoms with Crippen molar-refractivity contribution in [1.29, 1.82) is 0 Å². The van der Waals surface area contributed by atoms with Crippen molar-refractivity contribution in [3.05, 3.63) is 42.1 Å². The van der Waals surface area contributed by atoms with Gasteiger partial charge in [-0.15, -0.1) is 0 Å². The van der Waals surface area contributed by atoms with Gasteiger partial charge in [0.15, 0.2) is 0 Å². The Kier molecular flexibility index (Phi) is 4.92. The number of nitrogens with zero attached hydrogens (tertiary/aromatic N) is 1. The maximum absolute atomic E-state index is 4.84. The van der Waals surface area contributed by atoms with Crippen molar-refractivity contribution < 1.29 is 0 Å². The van der Waals surface area contributed by atoms with Crippen LogP contribution in [0.3, 0.4) is 0 Å². The van der Waals surface area contributed by atoms with Crippen LogP contribution in [0.1, 0.15) is 45.2 Å². The highest BCUT2D eigenvalue weighted by atomic mass is 14.9. The zero-order valence-electron chi connectivity index (χ0n) is 12.2. The third-order valence-electron chi connectivity index (χ3n) is 3.76. The van der Waals surface area contributed by atoms with Gasteiger partial charge in [-0.2, -0.15) is 0 Å². The van der Waals surface area contributed by atoms with Crippen LogP contribution in [-0.4, -0.2) is 17.6 Å². The lowest BCUT2D eigenvalue weighted by Crippen LogP contribution is -2.32. The summed E-state index contributed by atoms with van der Waals surface area (Å²) < 4.78 is 0. The molecule has 2 unspecified atom stereocenters. The average molecular weight is 256 g/mol. The van der Waals surface area contributed by atoms with Gasteiger partial charge < -0.3 is 5.32 Å². The molecule has 0 spiro atoms. The number of nitrogens with one attached hydrogen (secondary N) is 1. The lowest BCUT2D eigenvalue weighted by molar-refractivity contribution is 0.444. The minimum atomic E-state index is 0.471. The summed E-state index contributed by atoms with van der Waals surface area (Å²) in [5, 5.41) is 4.81. The molecule has 2 rings (SSSR count). The second-order valence-electron chi connectivity index (χ2n) is 5.19. The summed E-state index contributed by atoms with van der Waals surface area (Å²) in [7, 11) is 0. The van der Waals surface area contributed by atoms with Gasteiger partial charge in [0, 0.05) is 23.0 Å². The Hall–Kier alpha value is -1.41. The van der Waals surface area contributed by atoms with Crippen molar-refractivity contribution in [2.75, 3.05) is 6.54 Å². The third-order valence-corrected chi connectivity index (χ3v) is 3.76. The lowest BCUT2D eigenvalue weighted by atomic mass is 9.93. The van der Waals surface area contributed by atoms with Crippen LogP contribution in [0, 0.1) is 0 Å². The number of fused-ring (bicyclic) bond motifs is 1. The van der Waals surface area contributed by atoms with E-state index in [4.69, 9.17) is 4.98 Å². The minimum Gasteiger partial charge on any atom is -0.314 e. The smallest absolute Gasteiger partial charge is 0.0705 e. The van der Waals surface area contributed by atoms with Crippen LogP contribution in [-0.2, 0) is 0 Å². The second-order valence-corrected chi connectivity index (χ2v) is 5.19. The van der Waals surface area contributed by atoms with Crippen molar-refractivity contribution in [2.45, 2.75) is 45.6 Å². The van der Waals surface area contributed by atoms with E-state index in [0.29, 0.717) is 12.0 Å². The molecule has 0 radical (unpaired) electrons. The fraction of sp³-hybridized carbons (Fsp3) is 0.471. The van der Waals surface area contributed by atoms with E-state index in [1.54, 1.807) is 0 Å². The predicted molar refractivity (Wildman–Crippen MR) is 82.5 cm³/mol. The van der Waals surface area contributed by atoms with Crippen molar-refractivity contribution in [3.8, 4) is 0 Å². The molecule has 0 bridgehead atoms. The molecule has 0 aliphatic heterocycles. The Morgan fingerprint density at radius 1 is 1.11 bits per heavy atom. The summed E-state index contributed by atoms with van der Waals surface area (Å²) in [4.78, 5) is 4.84. The number of aromatic nitrogens is 1. The largest absolute Gasteiger partial charge is 0.314 e. The van der Waals surface area contributed by atoms with Crippen molar-refractivity contribution in [1.82, 2.24) is 10.3 Å². The van der Waals surface area contributed by atoms with Gasteiger partial charge in [-0.05, 0) is 38.4 Å². The number of rotatable bonds is 6. The van der Waals surface area contributed by atoms with Crippen LogP contribution < -0.4 is 5.32 Å². The van der Waals surface area contributed by atoms with Gasteiger partial charge in [0.25, 0.3) is 0 Å². The van der Waals surface area contributed by atoms with Crippen molar-refractivity contribution in [2.24, 2.45) is 0 Å². The zero-order chi connectivity index (χ0) is 13.7. The van der Waals surface area contributed by atoms with E-state index < -0.39 is 0 Å². The minimum absolute atomic E-state index is 0.471. The molecule has 2 aromatic rings. The topological polar surface area (TPSA) is 24.9 Å². The molecule has 102 valence electrons. The summed E-state index contributed by atoms with van der Waals surface area (Å²) >= 11 is 0. The predicted octanol–water partition coefficient (Wildman–Crippen LogP) is 4.12. The fourth-order valence-corrected chi connectivity index (χ4v) is 2.62. The second kappa shape index (κ2) is 6.67. The van der Waals surface area contributed by atoms with Crippen LogP contribution in [0.5, 0.6) is 0 Å². The first-order valence-corrected chi connectivity index (χ1v) is 7.35. The lowest BCUT2D eigenvalue weighted by Gasteiger charge is -2.23. The molecule has 0 aliphatic carbocycles. The molecule has 1 aromatic heterocycles. The number of pyridine rings is 1. The SMILES string of the molecule is CCCNC(C)C(CC)c1ccc2ccccc2n1. The molecule has 2 heteroatoms. The van der Waals surface area contributed by atoms with Gasteiger partial charge in [-0.3, -0.25) is 4.98 Å². The van der Waals surface area contributed by atoms with Gasteiger partial charge in [-0.1, -0.05) is 38.1 Å². The number of hydrogen-bond donors (Lipinski definition) is 1. The van der Waals surface area contributed by atoms with Crippen molar-refractivity contribution in [3.63, 3.8) is 0 Å². The van der Waals surface area contributed by atoms with E-state index in [1.165, 1.54) is 17.5 Å². The maximum Gasteiger partial charge on any atom is 0.0705 e. The summed E-state index contributed by atoms with van der Waals surface area (Å²) in [6.07, 6.45) is 2.29. The Morgan fingerprint density at radius 2 is 1.89 bits per heavy atom. The van der Waals surface area contributed by atoms with Crippen LogP contribution >= 0.6 is 0 Å². The van der Waals surface area contributed by atoms with Gasteiger partial charge in [-0.25, -0.2) is 0 Å². The standard InChI is InChI=1S/C17H24N2/c1-4-12-18-13(3)15(5-2)17-11-10-14-8-6-7-9-16(14)19-17/h6-11,13,15,18H,4-5,12H2,1-3H3. The Balaban J connectivity index is 2.24. The zero-order valence-corrected chi connectivity index (χ0v) is 12.2. The Morgan fingerprint density at radius 3 is 2.63 bits per heavy atom. The summed E-state index contributed by atoms with van der Waals surface area (Å²) in [6.45, 7) is 7.78. The first-order valence-electron chi connectivity index (χ1n) is 7.35. The van der Waals surface area contributed by atoms with E-state index in [9.17, 15) is 0 Å². The van der Waals surface area contributed by atoms with E-state index >= 15 is 0 Å². The molecule has 0 fully saturated rings. The quantitative estimate of drug-likeness (QED) is 0.841. The molecular formula is C17H24N2. The molecule has 0 saturated carbocycles. The van der Waals surface area contributed by atoms with E-state index in [-0.39, 0.29) is 0 Å². The van der Waals surface area contributed by atoms with Gasteiger partial charge in [0.2, 0.25) is 0 Å². The van der Waals surface area contributed by atoms with Gasteiger partial charge in [0.1, 0.15) is 0 Å². The summed E-state index contributed by atoms with van der Waals surface area (Å²) in [6, 6.07) is 13.2. The fourth-order valence-electron chi connectivity index (χ4n) is 2.62. The Labute approximate surface area is 116 Å². The third kappa shape index (κ3) is 3.32. The highest BCUT2D eigenvalue weighted by molar-refractivity contribution is 5.78. The van der Waals surface area contributed by atoms with Crippen molar-refractivity contribution >= 4 is 10.9 Å². The van der Waals surface area contributed by atoms with Crippen LogP contribution in [0.25, 0.3) is 10.9 Å². The molecule has 2 atom stereocenters. The number of hydrogen-bond acceptors (Lipinski definition) is 2. The molecule has 1 N–H and O–H groups in total. The van der Waals surface area contributed by atoms with Crippen LogP contribution in [0.2, 0.25) is 0 Å². The summed E-state index contributed by atoms with van der Waals surface area (Å²) in [5.74, 6) is 0.483. The average Bonchev–Trinajstić information content (AvgIpc) is 2.45. The molecule has 1 aromatic carbocycles. The van der Waals surface area contributed by atoms with E-state index in [2.05, 4.69) is 62.5 Å². The van der Waals surface area contributed by atoms with Crippen LogP contribution in [0.15, 0.2) is 36.4 Å². The first-order chi connectivity index (χ1) is 9.26. The summed E-state index contributed by atoms with van der Waals surface area (Å²) in [5.41, 5.74) is 2.30. The van der Waals surface area contributed by atoms with E-state index in [0.717, 1.165) is 18.5 Å². The molecule has 2 nitrogen and oxygen atoms in total. The normalized spacial score (nSPS) is 14.5. The monoisotopic (exact) mass is 256 g/mol. The van der Waals surface area contributed by atoms with Gasteiger partial charge >= 0.3 is 0 Å². The molecule has 19 heavy (non-hydrogen) atoms. The van der Waals surface area contributed by atoms with E-state index in [1.807, 2.05) is 0 Å². The molecule has 0 aliphatic rings. The van der Waals surface area contributed by atoms with Gasteiger partial charge in [0.05, 0.1) is 5.52 Å². The Bertz CT molecular complexity index is 521. The number of para-hydroxylation sites is 1. The highest BCUT2D eigenvalue weighted by Crippen LogP contribution is 2.24.